The summed E-state index contributed by atoms with van der Waals surface area (Å²) < 4.78 is 0. The first-order valence-electron chi connectivity index (χ1n) is 12.5. The molecule has 1 unspecified atom stereocenters. The van der Waals surface area contributed by atoms with Crippen LogP contribution >= 0.6 is 0 Å². The lowest BCUT2D eigenvalue weighted by Gasteiger charge is -2.32. The van der Waals surface area contributed by atoms with E-state index in [9.17, 15) is 14.4 Å². The fourth-order valence-electron chi connectivity index (χ4n) is 3.46. The minimum absolute atomic E-state index is 0.0736. The van der Waals surface area contributed by atoms with Crippen LogP contribution in [0.5, 0.6) is 0 Å². The summed E-state index contributed by atoms with van der Waals surface area (Å²) in [6.45, 7) is 19.0. The molecule has 1 fully saturated rings. The topological polar surface area (TPSA) is 90.0 Å². The van der Waals surface area contributed by atoms with Crippen molar-refractivity contribution in [2.45, 2.75) is 99.6 Å². The number of carbonyl (C=O) groups is 3. The van der Waals surface area contributed by atoms with E-state index in [2.05, 4.69) is 44.8 Å². The third-order valence-corrected chi connectivity index (χ3v) is 5.34. The number of carbonyl (C=O) groups excluding carboxylic acids is 2. The molecule has 2 atom stereocenters. The van der Waals surface area contributed by atoms with Crippen LogP contribution in [0, 0.1) is 11.8 Å². The molecule has 194 valence electrons. The molecule has 0 aliphatic carbocycles. The van der Waals surface area contributed by atoms with Gasteiger partial charge in [-0.1, -0.05) is 60.5 Å². The van der Waals surface area contributed by atoms with Crippen LogP contribution in [0.1, 0.15) is 87.5 Å². The minimum Gasteiger partial charge on any atom is -0.478 e. The van der Waals surface area contributed by atoms with Gasteiger partial charge in [-0.2, -0.15) is 0 Å². The highest BCUT2D eigenvalue weighted by Crippen LogP contribution is 2.15. The van der Waals surface area contributed by atoms with Crippen LogP contribution in [-0.2, 0) is 14.4 Å². The Hall–Kier alpha value is -1.89. The molecule has 0 aromatic carbocycles. The molecule has 1 aliphatic rings. The zero-order chi connectivity index (χ0) is 26.0. The van der Waals surface area contributed by atoms with E-state index in [0.29, 0.717) is 6.41 Å². The first kappa shape index (κ1) is 33.3. The lowest BCUT2D eigenvalue weighted by Crippen LogP contribution is -2.43. The second-order valence-corrected chi connectivity index (χ2v) is 9.86. The van der Waals surface area contributed by atoms with Gasteiger partial charge in [-0.3, -0.25) is 9.59 Å². The SMILES string of the molecule is C/C(=C\[C@H](C(C)C)N(C)C(=O)CNC=O)C(=O)O.CC(C)C.CCCC(C)N1CCCCC1. The molecule has 0 saturated carbocycles. The molecule has 2 amide bonds. The average Bonchev–Trinajstić information content (AvgIpc) is 2.75. The number of carboxylic acid groups (broad SMARTS) is 1. The summed E-state index contributed by atoms with van der Waals surface area (Å²) in [7, 11) is 1.59. The molecule has 1 heterocycles. The molecule has 1 saturated heterocycles. The van der Waals surface area contributed by atoms with Gasteiger partial charge in [-0.15, -0.1) is 0 Å². The number of nitrogens with zero attached hydrogens (tertiary/aromatic N) is 2. The van der Waals surface area contributed by atoms with Crippen molar-refractivity contribution in [1.29, 1.82) is 0 Å². The molecular weight excluding hydrogens is 418 g/mol. The standard InChI is InChI=1S/C12H20N2O4.C10H21N.C4H10/c1-8(2)10(5-9(3)12(17)18)14(4)11(16)6-13-7-15;1-3-7-10(2)11-8-5-4-6-9-11;1-4(2)3/h5,7-8,10H,6H2,1-4H3,(H,13,15)(H,17,18);10H,3-9H2,1-2H3;4H,1-3H3/b9-5+;;/t10-;;/m1../s1. The lowest BCUT2D eigenvalue weighted by molar-refractivity contribution is -0.133. The van der Waals surface area contributed by atoms with E-state index in [1.54, 1.807) is 13.1 Å². The Labute approximate surface area is 203 Å². The van der Waals surface area contributed by atoms with E-state index in [1.165, 1.54) is 57.0 Å². The Morgan fingerprint density at radius 2 is 1.58 bits per heavy atom. The second-order valence-electron chi connectivity index (χ2n) is 9.86. The van der Waals surface area contributed by atoms with Gasteiger partial charge in [-0.25, -0.2) is 4.79 Å². The number of carboxylic acids is 1. The average molecular weight is 470 g/mol. The van der Waals surface area contributed by atoms with E-state index < -0.39 is 5.97 Å². The number of likely N-dealkylation sites (N-methyl/N-ethyl adjacent to an activating group) is 1. The summed E-state index contributed by atoms with van der Waals surface area (Å²) in [5.74, 6) is -0.368. The van der Waals surface area contributed by atoms with Crippen LogP contribution in [-0.4, -0.2) is 72.0 Å². The zero-order valence-corrected chi connectivity index (χ0v) is 22.7. The number of piperidine rings is 1. The number of hydrogen-bond donors (Lipinski definition) is 2. The number of amides is 2. The summed E-state index contributed by atoms with van der Waals surface area (Å²) in [6.07, 6.45) is 9.01. The van der Waals surface area contributed by atoms with Gasteiger partial charge in [-0.05, 0) is 58.0 Å². The van der Waals surface area contributed by atoms with E-state index in [0.717, 1.165) is 12.0 Å². The van der Waals surface area contributed by atoms with Crippen molar-refractivity contribution in [2.24, 2.45) is 11.8 Å². The molecule has 7 nitrogen and oxygen atoms in total. The van der Waals surface area contributed by atoms with Gasteiger partial charge in [0.15, 0.2) is 0 Å². The number of nitrogens with one attached hydrogen (secondary N) is 1. The summed E-state index contributed by atoms with van der Waals surface area (Å²) in [5.41, 5.74) is 0.191. The Morgan fingerprint density at radius 1 is 1.06 bits per heavy atom. The van der Waals surface area contributed by atoms with Gasteiger partial charge in [0, 0.05) is 18.7 Å². The highest BCUT2D eigenvalue weighted by atomic mass is 16.4. The van der Waals surface area contributed by atoms with Gasteiger partial charge in [0.1, 0.15) is 0 Å². The maximum Gasteiger partial charge on any atom is 0.331 e. The third-order valence-electron chi connectivity index (χ3n) is 5.34. The highest BCUT2D eigenvalue weighted by molar-refractivity contribution is 5.86. The van der Waals surface area contributed by atoms with Crippen LogP contribution in [0.3, 0.4) is 0 Å². The fourth-order valence-corrected chi connectivity index (χ4v) is 3.46. The second kappa shape index (κ2) is 19.6. The molecule has 0 aromatic heterocycles. The van der Waals surface area contributed by atoms with Crippen molar-refractivity contribution >= 4 is 18.3 Å². The Morgan fingerprint density at radius 3 is 1.97 bits per heavy atom. The van der Waals surface area contributed by atoms with Gasteiger partial charge in [0.2, 0.25) is 12.3 Å². The van der Waals surface area contributed by atoms with Crippen LogP contribution in [0.2, 0.25) is 0 Å². The molecule has 0 aromatic rings. The maximum absolute atomic E-state index is 11.7. The van der Waals surface area contributed by atoms with Crippen molar-refractivity contribution in [3.05, 3.63) is 11.6 Å². The van der Waals surface area contributed by atoms with E-state index in [-0.39, 0.29) is 30.0 Å². The van der Waals surface area contributed by atoms with Crippen molar-refractivity contribution in [2.75, 3.05) is 26.7 Å². The van der Waals surface area contributed by atoms with Crippen molar-refractivity contribution in [1.82, 2.24) is 15.1 Å². The third kappa shape index (κ3) is 17.3. The van der Waals surface area contributed by atoms with Crippen LogP contribution in [0.4, 0.5) is 0 Å². The fraction of sp³-hybridized carbons (Fsp3) is 0.808. The van der Waals surface area contributed by atoms with Gasteiger partial charge >= 0.3 is 5.97 Å². The molecular formula is C26H51N3O4. The summed E-state index contributed by atoms with van der Waals surface area (Å²) in [4.78, 5) is 36.7. The van der Waals surface area contributed by atoms with Crippen molar-refractivity contribution < 1.29 is 19.5 Å². The van der Waals surface area contributed by atoms with Crippen LogP contribution in [0.25, 0.3) is 0 Å². The number of hydrogen-bond acceptors (Lipinski definition) is 4. The van der Waals surface area contributed by atoms with Crippen molar-refractivity contribution in [3.63, 3.8) is 0 Å². The smallest absolute Gasteiger partial charge is 0.331 e. The van der Waals surface area contributed by atoms with E-state index in [4.69, 9.17) is 5.11 Å². The maximum atomic E-state index is 11.7. The number of aliphatic carboxylic acids is 1. The van der Waals surface area contributed by atoms with Crippen molar-refractivity contribution in [3.8, 4) is 0 Å². The molecule has 1 rings (SSSR count). The van der Waals surface area contributed by atoms with Crippen LogP contribution in [0.15, 0.2) is 11.6 Å². The number of likely N-dealkylation sites (tertiary alicyclic amines) is 1. The number of rotatable bonds is 10. The predicted octanol–water partition coefficient (Wildman–Crippen LogP) is 4.57. The Balaban J connectivity index is 0. The van der Waals surface area contributed by atoms with Crippen LogP contribution < -0.4 is 5.32 Å². The molecule has 0 bridgehead atoms. The highest BCUT2D eigenvalue weighted by Gasteiger charge is 2.21. The summed E-state index contributed by atoms with van der Waals surface area (Å²) in [6, 6.07) is 0.516. The first-order valence-corrected chi connectivity index (χ1v) is 12.5. The van der Waals surface area contributed by atoms with Gasteiger partial charge in [0.25, 0.3) is 0 Å². The van der Waals surface area contributed by atoms with Gasteiger partial charge < -0.3 is 20.2 Å². The van der Waals surface area contributed by atoms with E-state index >= 15 is 0 Å². The van der Waals surface area contributed by atoms with E-state index in [1.807, 2.05) is 13.8 Å². The zero-order valence-electron chi connectivity index (χ0n) is 22.7. The monoisotopic (exact) mass is 469 g/mol. The molecule has 33 heavy (non-hydrogen) atoms. The molecule has 0 radical (unpaired) electrons. The summed E-state index contributed by atoms with van der Waals surface area (Å²) >= 11 is 0. The lowest BCUT2D eigenvalue weighted by atomic mass is 10.00. The first-order chi connectivity index (χ1) is 15.4. The van der Waals surface area contributed by atoms with Gasteiger partial charge in [0.05, 0.1) is 12.6 Å². The molecule has 1 aliphatic heterocycles. The normalized spacial score (nSPS) is 16.0. The predicted molar refractivity (Wildman–Crippen MR) is 137 cm³/mol. The molecule has 7 heteroatoms. The minimum atomic E-state index is -1.01. The largest absolute Gasteiger partial charge is 0.478 e. The Kier molecular flexibility index (Phi) is 19.7. The quantitative estimate of drug-likeness (QED) is 0.361. The molecule has 0 spiro atoms. The Bertz CT molecular complexity index is 567. The molecule has 2 N–H and O–H groups in total. The summed E-state index contributed by atoms with van der Waals surface area (Å²) in [5, 5.41) is 11.1.